The summed E-state index contributed by atoms with van der Waals surface area (Å²) in [6.07, 6.45) is 2.68. The molecular weight excluding hydrogens is 252 g/mol. The van der Waals surface area contributed by atoms with Gasteiger partial charge in [-0.3, -0.25) is 0 Å². The summed E-state index contributed by atoms with van der Waals surface area (Å²) in [6.45, 7) is 5.91. The number of methoxy groups -OCH3 is 1. The smallest absolute Gasteiger partial charge is 0.140 e. The lowest BCUT2D eigenvalue weighted by Crippen LogP contribution is -2.21. The molecule has 0 aliphatic heterocycles. The molecule has 108 valence electrons. The highest BCUT2D eigenvalue weighted by Gasteiger charge is 2.08. The van der Waals surface area contributed by atoms with Crippen LogP contribution in [0.1, 0.15) is 37.7 Å². The van der Waals surface area contributed by atoms with Gasteiger partial charge in [0.2, 0.25) is 0 Å². The largest absolute Gasteiger partial charge is 0.497 e. The van der Waals surface area contributed by atoms with E-state index in [0.717, 1.165) is 24.5 Å². The Hall–Kier alpha value is -1.88. The first-order valence-corrected chi connectivity index (χ1v) is 6.98. The summed E-state index contributed by atoms with van der Waals surface area (Å²) in [7, 11) is 1.68. The number of aromatic nitrogens is 3. The lowest BCUT2D eigenvalue weighted by molar-refractivity contribution is 0.414. The van der Waals surface area contributed by atoms with Gasteiger partial charge in [0.15, 0.2) is 0 Å². The Morgan fingerprint density at radius 1 is 1.30 bits per heavy atom. The van der Waals surface area contributed by atoms with Crippen molar-refractivity contribution in [2.24, 2.45) is 0 Å². The Bertz CT molecular complexity index is 521. The average molecular weight is 274 g/mol. The molecule has 5 nitrogen and oxygen atoms in total. The molecule has 0 saturated carbocycles. The van der Waals surface area contributed by atoms with Gasteiger partial charge in [0, 0.05) is 12.6 Å². The number of nitrogens with one attached hydrogen (secondary N) is 1. The van der Waals surface area contributed by atoms with E-state index < -0.39 is 0 Å². The van der Waals surface area contributed by atoms with Crippen LogP contribution in [0.15, 0.2) is 30.6 Å². The average Bonchev–Trinajstić information content (AvgIpc) is 2.92. The molecule has 0 amide bonds. The third-order valence-electron chi connectivity index (χ3n) is 3.31. The quantitative estimate of drug-likeness (QED) is 0.843. The van der Waals surface area contributed by atoms with Gasteiger partial charge in [0.25, 0.3) is 0 Å². The summed E-state index contributed by atoms with van der Waals surface area (Å²) in [5, 5.41) is 7.70. The first-order valence-electron chi connectivity index (χ1n) is 6.98. The zero-order valence-corrected chi connectivity index (χ0v) is 12.3. The van der Waals surface area contributed by atoms with Crippen LogP contribution in [0.3, 0.4) is 0 Å². The van der Waals surface area contributed by atoms with E-state index in [0.29, 0.717) is 6.54 Å². The van der Waals surface area contributed by atoms with E-state index in [2.05, 4.69) is 41.4 Å². The second-order valence-electron chi connectivity index (χ2n) is 4.78. The Morgan fingerprint density at radius 2 is 2.05 bits per heavy atom. The minimum atomic E-state index is 0.257. The van der Waals surface area contributed by atoms with Gasteiger partial charge in [-0.15, -0.1) is 0 Å². The van der Waals surface area contributed by atoms with Gasteiger partial charge < -0.3 is 10.1 Å². The van der Waals surface area contributed by atoms with Gasteiger partial charge in [-0.2, -0.15) is 5.10 Å². The molecular formula is C15H22N4O. The van der Waals surface area contributed by atoms with Crippen LogP contribution >= 0.6 is 0 Å². The summed E-state index contributed by atoms with van der Waals surface area (Å²) in [5.41, 5.74) is 1.23. The van der Waals surface area contributed by atoms with Crippen molar-refractivity contribution in [3.05, 3.63) is 42.0 Å². The Labute approximate surface area is 120 Å². The molecule has 1 atom stereocenters. The zero-order valence-electron chi connectivity index (χ0n) is 12.3. The summed E-state index contributed by atoms with van der Waals surface area (Å²) >= 11 is 0. The van der Waals surface area contributed by atoms with Crippen molar-refractivity contribution >= 4 is 0 Å². The van der Waals surface area contributed by atoms with Crippen LogP contribution in [0.5, 0.6) is 5.75 Å². The number of nitrogens with zero attached hydrogens (tertiary/aromatic N) is 3. The second-order valence-corrected chi connectivity index (χ2v) is 4.78. The SMILES string of the molecule is CCCn1ncnc1CN[C@@H](C)c1ccc(OC)cc1. The maximum absolute atomic E-state index is 5.17. The maximum atomic E-state index is 5.17. The number of hydrogen-bond donors (Lipinski definition) is 1. The van der Waals surface area contributed by atoms with Crippen molar-refractivity contribution in [1.29, 1.82) is 0 Å². The maximum Gasteiger partial charge on any atom is 0.140 e. The lowest BCUT2D eigenvalue weighted by atomic mass is 10.1. The molecule has 1 aromatic carbocycles. The number of aryl methyl sites for hydroxylation is 1. The van der Waals surface area contributed by atoms with Crippen LogP contribution < -0.4 is 10.1 Å². The van der Waals surface area contributed by atoms with E-state index in [4.69, 9.17) is 4.74 Å². The predicted octanol–water partition coefficient (Wildman–Crippen LogP) is 2.55. The van der Waals surface area contributed by atoms with E-state index >= 15 is 0 Å². The molecule has 20 heavy (non-hydrogen) atoms. The Morgan fingerprint density at radius 3 is 2.70 bits per heavy atom. The summed E-state index contributed by atoms with van der Waals surface area (Å²) in [4.78, 5) is 4.30. The first kappa shape index (κ1) is 14.5. The molecule has 1 N–H and O–H groups in total. The van der Waals surface area contributed by atoms with Crippen molar-refractivity contribution in [2.45, 2.75) is 39.4 Å². The fraction of sp³-hybridized carbons (Fsp3) is 0.467. The van der Waals surface area contributed by atoms with Gasteiger partial charge in [-0.05, 0) is 31.0 Å². The topological polar surface area (TPSA) is 52.0 Å². The summed E-state index contributed by atoms with van der Waals surface area (Å²) < 4.78 is 7.12. The van der Waals surface area contributed by atoms with Crippen LogP contribution in [0.4, 0.5) is 0 Å². The van der Waals surface area contributed by atoms with Crippen LogP contribution in [-0.4, -0.2) is 21.9 Å². The fourth-order valence-corrected chi connectivity index (χ4v) is 2.08. The van der Waals surface area contributed by atoms with Crippen molar-refractivity contribution in [2.75, 3.05) is 7.11 Å². The highest BCUT2D eigenvalue weighted by atomic mass is 16.5. The molecule has 0 saturated heterocycles. The van der Waals surface area contributed by atoms with Gasteiger partial charge in [-0.1, -0.05) is 19.1 Å². The number of hydrogen-bond acceptors (Lipinski definition) is 4. The highest BCUT2D eigenvalue weighted by molar-refractivity contribution is 5.28. The number of rotatable bonds is 7. The van der Waals surface area contributed by atoms with Crippen LogP contribution in [0, 0.1) is 0 Å². The molecule has 0 aliphatic rings. The first-order chi connectivity index (χ1) is 9.74. The standard InChI is InChI=1S/C15H22N4O/c1-4-9-19-15(17-11-18-19)10-16-12(2)13-5-7-14(20-3)8-6-13/h5-8,11-12,16H,4,9-10H2,1-3H3/t12-/m0/s1. The van der Waals surface area contributed by atoms with Crippen molar-refractivity contribution in [3.63, 3.8) is 0 Å². The lowest BCUT2D eigenvalue weighted by Gasteiger charge is -2.14. The Kier molecular flexibility index (Phi) is 5.12. The van der Waals surface area contributed by atoms with E-state index in [1.165, 1.54) is 5.56 Å². The minimum absolute atomic E-state index is 0.257. The van der Waals surface area contributed by atoms with E-state index in [1.807, 2.05) is 16.8 Å². The van der Waals surface area contributed by atoms with Crippen LogP contribution in [0.25, 0.3) is 0 Å². The minimum Gasteiger partial charge on any atom is -0.497 e. The summed E-state index contributed by atoms with van der Waals surface area (Å²) in [6, 6.07) is 8.37. The molecule has 0 aliphatic carbocycles. The number of ether oxygens (including phenoxy) is 1. The molecule has 0 radical (unpaired) electrons. The van der Waals surface area contributed by atoms with Crippen LogP contribution in [-0.2, 0) is 13.1 Å². The number of benzene rings is 1. The molecule has 0 unspecified atom stereocenters. The molecule has 1 heterocycles. The predicted molar refractivity (Wildman–Crippen MR) is 78.6 cm³/mol. The molecule has 2 aromatic rings. The van der Waals surface area contributed by atoms with Crippen molar-refractivity contribution in [3.8, 4) is 5.75 Å². The molecule has 0 spiro atoms. The van der Waals surface area contributed by atoms with Gasteiger partial charge in [-0.25, -0.2) is 9.67 Å². The molecule has 0 fully saturated rings. The van der Waals surface area contributed by atoms with Crippen molar-refractivity contribution in [1.82, 2.24) is 20.1 Å². The third-order valence-corrected chi connectivity index (χ3v) is 3.31. The second kappa shape index (κ2) is 7.05. The fourth-order valence-electron chi connectivity index (χ4n) is 2.08. The van der Waals surface area contributed by atoms with Gasteiger partial charge >= 0.3 is 0 Å². The van der Waals surface area contributed by atoms with Gasteiger partial charge in [0.1, 0.15) is 17.9 Å². The van der Waals surface area contributed by atoms with Gasteiger partial charge in [0.05, 0.1) is 13.7 Å². The molecule has 0 bridgehead atoms. The molecule has 5 heteroatoms. The van der Waals surface area contributed by atoms with E-state index in [1.54, 1.807) is 13.4 Å². The van der Waals surface area contributed by atoms with E-state index in [-0.39, 0.29) is 6.04 Å². The molecule has 2 rings (SSSR count). The normalized spacial score (nSPS) is 12.3. The van der Waals surface area contributed by atoms with Crippen molar-refractivity contribution < 1.29 is 4.74 Å². The Balaban J connectivity index is 1.93. The zero-order chi connectivity index (χ0) is 14.4. The highest BCUT2D eigenvalue weighted by Crippen LogP contribution is 2.17. The van der Waals surface area contributed by atoms with E-state index in [9.17, 15) is 0 Å². The van der Waals surface area contributed by atoms with Crippen LogP contribution in [0.2, 0.25) is 0 Å². The molecule has 1 aromatic heterocycles. The monoisotopic (exact) mass is 274 g/mol. The summed E-state index contributed by atoms with van der Waals surface area (Å²) in [5.74, 6) is 1.86. The third kappa shape index (κ3) is 3.57.